The highest BCUT2D eigenvalue weighted by atomic mass is 15.1. The largest absolute Gasteiger partial charge is 0.309 e. The van der Waals surface area contributed by atoms with Gasteiger partial charge in [0.05, 0.1) is 22.2 Å². The average molecular weight is 876 g/mol. The highest BCUT2D eigenvalue weighted by molar-refractivity contribution is 6.26. The van der Waals surface area contributed by atoms with Crippen molar-refractivity contribution >= 4 is 49.4 Å². The van der Waals surface area contributed by atoms with Crippen LogP contribution in [0.1, 0.15) is 44.5 Å². The van der Waals surface area contributed by atoms with E-state index in [0.29, 0.717) is 0 Å². The summed E-state index contributed by atoms with van der Waals surface area (Å²) in [5.74, 6) is 0. The first-order valence-corrected chi connectivity index (χ1v) is 24.1. The SMILES string of the molecule is c1ccc(C2(c3ccccc3)c3ccccc3-c3c(N(c4ccc5c6ccccc6c6ccccc6c5c4)c4cccc5c4-c4ccccc4C5(c4ccccc4)c4ccccc4)cccc32)cc1. The molecule has 12 aromatic carbocycles. The maximum Gasteiger partial charge on any atom is 0.0714 e. The van der Waals surface area contributed by atoms with Crippen molar-refractivity contribution in [3.05, 3.63) is 317 Å². The predicted molar refractivity (Wildman–Crippen MR) is 288 cm³/mol. The summed E-state index contributed by atoms with van der Waals surface area (Å²) in [5, 5.41) is 7.54. The van der Waals surface area contributed by atoms with Crippen molar-refractivity contribution in [3.8, 4) is 22.3 Å². The maximum atomic E-state index is 2.60. The summed E-state index contributed by atoms with van der Waals surface area (Å²) in [6, 6.07) is 102. The first-order valence-electron chi connectivity index (χ1n) is 24.1. The Morgan fingerprint density at radius 2 is 0.551 bits per heavy atom. The first kappa shape index (κ1) is 39.4. The molecule has 14 rings (SSSR count). The van der Waals surface area contributed by atoms with Crippen LogP contribution >= 0.6 is 0 Å². The lowest BCUT2D eigenvalue weighted by Gasteiger charge is -2.35. The molecule has 2 aliphatic rings. The normalized spacial score (nSPS) is 13.7. The number of nitrogens with zero attached hydrogens (tertiary/aromatic N) is 1. The van der Waals surface area contributed by atoms with Gasteiger partial charge >= 0.3 is 0 Å². The van der Waals surface area contributed by atoms with E-state index in [9.17, 15) is 0 Å². The maximum absolute atomic E-state index is 2.60. The molecule has 0 saturated heterocycles. The molecule has 0 radical (unpaired) electrons. The second kappa shape index (κ2) is 15.4. The third-order valence-corrected chi connectivity index (χ3v) is 15.4. The van der Waals surface area contributed by atoms with Gasteiger partial charge in [0.15, 0.2) is 0 Å². The molecule has 12 aromatic rings. The lowest BCUT2D eigenvalue weighted by atomic mass is 9.67. The number of hydrogen-bond acceptors (Lipinski definition) is 1. The number of fused-ring (bicyclic) bond motifs is 12. The molecule has 0 saturated carbocycles. The van der Waals surface area contributed by atoms with Crippen LogP contribution in [0, 0.1) is 0 Å². The average Bonchev–Trinajstić information content (AvgIpc) is 3.92. The highest BCUT2D eigenvalue weighted by Crippen LogP contribution is 2.63. The third kappa shape index (κ3) is 5.47. The van der Waals surface area contributed by atoms with Crippen LogP contribution in [0.15, 0.2) is 273 Å². The molecular formula is C68H45N. The van der Waals surface area contributed by atoms with E-state index in [0.717, 1.165) is 17.1 Å². The summed E-state index contributed by atoms with van der Waals surface area (Å²) >= 11 is 0. The number of hydrogen-bond donors (Lipinski definition) is 0. The van der Waals surface area contributed by atoms with E-state index in [1.807, 2.05) is 0 Å². The summed E-state index contributed by atoms with van der Waals surface area (Å²) in [6.45, 7) is 0. The van der Waals surface area contributed by atoms with E-state index in [4.69, 9.17) is 0 Å². The van der Waals surface area contributed by atoms with Gasteiger partial charge in [-0.25, -0.2) is 0 Å². The number of rotatable bonds is 7. The molecule has 0 aliphatic heterocycles. The van der Waals surface area contributed by atoms with Crippen LogP contribution in [-0.2, 0) is 10.8 Å². The number of benzene rings is 12. The Kier molecular flexibility index (Phi) is 8.78. The smallest absolute Gasteiger partial charge is 0.0714 e. The van der Waals surface area contributed by atoms with Crippen molar-refractivity contribution in [2.45, 2.75) is 10.8 Å². The minimum atomic E-state index is -0.560. The quantitative estimate of drug-likeness (QED) is 0.144. The van der Waals surface area contributed by atoms with Gasteiger partial charge in [0.1, 0.15) is 0 Å². The van der Waals surface area contributed by atoms with E-state index in [2.05, 4.69) is 278 Å². The van der Waals surface area contributed by atoms with E-state index in [-0.39, 0.29) is 0 Å². The minimum Gasteiger partial charge on any atom is -0.309 e. The van der Waals surface area contributed by atoms with Gasteiger partial charge in [-0.1, -0.05) is 249 Å². The molecule has 0 spiro atoms. The van der Waals surface area contributed by atoms with Crippen molar-refractivity contribution in [2.24, 2.45) is 0 Å². The van der Waals surface area contributed by atoms with Crippen molar-refractivity contribution in [1.29, 1.82) is 0 Å². The fourth-order valence-electron chi connectivity index (χ4n) is 12.8. The Hall–Kier alpha value is -8.78. The molecule has 0 atom stereocenters. The summed E-state index contributed by atoms with van der Waals surface area (Å²) in [7, 11) is 0. The first-order chi connectivity index (χ1) is 34.3. The fourth-order valence-corrected chi connectivity index (χ4v) is 12.8. The summed E-state index contributed by atoms with van der Waals surface area (Å²) < 4.78 is 0. The van der Waals surface area contributed by atoms with Crippen LogP contribution in [-0.4, -0.2) is 0 Å². The van der Waals surface area contributed by atoms with Gasteiger partial charge in [-0.05, 0) is 112 Å². The van der Waals surface area contributed by atoms with Gasteiger partial charge in [0, 0.05) is 16.8 Å². The molecule has 322 valence electrons. The Labute approximate surface area is 402 Å². The third-order valence-electron chi connectivity index (χ3n) is 15.4. The molecule has 1 heteroatoms. The predicted octanol–water partition coefficient (Wildman–Crippen LogP) is 17.3. The van der Waals surface area contributed by atoms with Gasteiger partial charge < -0.3 is 4.90 Å². The molecule has 0 fully saturated rings. The van der Waals surface area contributed by atoms with Crippen molar-refractivity contribution in [3.63, 3.8) is 0 Å². The van der Waals surface area contributed by atoms with Crippen molar-refractivity contribution in [2.75, 3.05) is 4.90 Å². The van der Waals surface area contributed by atoms with Crippen LogP contribution in [0.5, 0.6) is 0 Å². The van der Waals surface area contributed by atoms with Crippen molar-refractivity contribution < 1.29 is 0 Å². The van der Waals surface area contributed by atoms with Crippen LogP contribution in [0.4, 0.5) is 17.1 Å². The minimum absolute atomic E-state index is 0.560. The molecule has 2 aliphatic carbocycles. The standard InChI is InChI=1S/C68H45N/c1-5-23-46(24-6-1)67(47-25-7-2-8-26-47)59-37-19-17-35-56(59)65-61(67)39-21-41-63(65)69(50-43-44-55-53-33-14-13-31-51(53)52-32-15-16-34-54(52)58(55)45-50)64-42-22-40-62-66(64)57-36-18-20-38-60(57)68(62,48-27-9-3-10-28-48)49-29-11-4-12-30-49/h1-45H. The van der Waals surface area contributed by atoms with Gasteiger partial charge in [-0.15, -0.1) is 0 Å². The van der Waals surface area contributed by atoms with Gasteiger partial charge in [-0.2, -0.15) is 0 Å². The lowest BCUT2D eigenvalue weighted by molar-refractivity contribution is 0.768. The Morgan fingerprint density at radius 1 is 0.232 bits per heavy atom. The zero-order valence-corrected chi connectivity index (χ0v) is 37.9. The van der Waals surface area contributed by atoms with Crippen LogP contribution < -0.4 is 4.90 Å². The monoisotopic (exact) mass is 875 g/mol. The Balaban J connectivity index is 1.13. The molecule has 1 nitrogen and oxygen atoms in total. The molecule has 0 N–H and O–H groups in total. The topological polar surface area (TPSA) is 3.24 Å². The summed E-state index contributed by atoms with van der Waals surface area (Å²) in [4.78, 5) is 2.60. The zero-order valence-electron chi connectivity index (χ0n) is 37.9. The molecule has 69 heavy (non-hydrogen) atoms. The molecule has 0 amide bonds. The second-order valence-corrected chi connectivity index (χ2v) is 18.6. The van der Waals surface area contributed by atoms with Crippen molar-refractivity contribution in [1.82, 2.24) is 0 Å². The van der Waals surface area contributed by atoms with E-state index in [1.54, 1.807) is 0 Å². The van der Waals surface area contributed by atoms with Gasteiger partial charge in [-0.3, -0.25) is 0 Å². The second-order valence-electron chi connectivity index (χ2n) is 18.6. The van der Waals surface area contributed by atoms with Gasteiger partial charge in [0.25, 0.3) is 0 Å². The zero-order chi connectivity index (χ0) is 45.5. The van der Waals surface area contributed by atoms with E-state index in [1.165, 1.54) is 99.1 Å². The Bertz CT molecular complexity index is 3650. The Morgan fingerprint density at radius 3 is 0.957 bits per heavy atom. The molecule has 0 bridgehead atoms. The summed E-state index contributed by atoms with van der Waals surface area (Å²) in [6.07, 6.45) is 0. The fraction of sp³-hybridized carbons (Fsp3) is 0.0294. The molecule has 0 aromatic heterocycles. The van der Waals surface area contributed by atoms with Crippen LogP contribution in [0.2, 0.25) is 0 Å². The summed E-state index contributed by atoms with van der Waals surface area (Å²) in [5.41, 5.74) is 17.4. The molecular weight excluding hydrogens is 831 g/mol. The van der Waals surface area contributed by atoms with E-state index < -0.39 is 10.8 Å². The lowest BCUT2D eigenvalue weighted by Crippen LogP contribution is -2.28. The molecule has 0 unspecified atom stereocenters. The van der Waals surface area contributed by atoms with E-state index >= 15 is 0 Å². The van der Waals surface area contributed by atoms with Crippen LogP contribution in [0.25, 0.3) is 54.6 Å². The molecule has 0 heterocycles. The number of anilines is 3. The van der Waals surface area contributed by atoms with Gasteiger partial charge in [0.2, 0.25) is 0 Å². The van der Waals surface area contributed by atoms with Crippen LogP contribution in [0.3, 0.4) is 0 Å². The highest BCUT2D eigenvalue weighted by Gasteiger charge is 2.49.